The minimum absolute atomic E-state index is 0.160. The summed E-state index contributed by atoms with van der Waals surface area (Å²) in [6.45, 7) is 6.51. The first-order valence-corrected chi connectivity index (χ1v) is 4.69. The Morgan fingerprint density at radius 1 is 1.50 bits per heavy atom. The standard InChI is InChI=1S/C9H16FNO/c1-6(2)11-3-4-12-5-7-8(10)9(7)11/h6-9H,3-5H2,1-2H3/t7-,8+,9-/m1/s1. The molecule has 3 heteroatoms. The van der Waals surface area contributed by atoms with Gasteiger partial charge in [0, 0.05) is 24.5 Å². The van der Waals surface area contributed by atoms with Crippen molar-refractivity contribution in [3.8, 4) is 0 Å². The number of ether oxygens (including phenoxy) is 1. The molecule has 2 rings (SSSR count). The van der Waals surface area contributed by atoms with E-state index in [1.54, 1.807) is 0 Å². The zero-order valence-electron chi connectivity index (χ0n) is 7.66. The lowest BCUT2D eigenvalue weighted by atomic mass is 10.3. The Bertz CT molecular complexity index is 174. The molecule has 0 aromatic carbocycles. The molecule has 2 aliphatic rings. The van der Waals surface area contributed by atoms with Crippen LogP contribution >= 0.6 is 0 Å². The first kappa shape index (κ1) is 8.45. The van der Waals surface area contributed by atoms with E-state index in [2.05, 4.69) is 18.7 Å². The SMILES string of the molecule is CC(C)N1CCOC[C@@H]2[C@H](F)[C@@H]21. The molecule has 0 spiro atoms. The molecular weight excluding hydrogens is 157 g/mol. The molecular formula is C9H16FNO. The summed E-state index contributed by atoms with van der Waals surface area (Å²) < 4.78 is 18.5. The smallest absolute Gasteiger partial charge is 0.123 e. The van der Waals surface area contributed by atoms with E-state index >= 15 is 0 Å². The van der Waals surface area contributed by atoms with Gasteiger partial charge in [0.05, 0.1) is 13.2 Å². The Hall–Kier alpha value is -0.150. The van der Waals surface area contributed by atoms with Crippen molar-refractivity contribution in [2.75, 3.05) is 19.8 Å². The molecule has 1 heterocycles. The van der Waals surface area contributed by atoms with E-state index in [4.69, 9.17) is 4.74 Å². The highest BCUT2D eigenvalue weighted by Gasteiger charge is 2.55. The second-order valence-corrected chi connectivity index (χ2v) is 4.01. The monoisotopic (exact) mass is 173 g/mol. The van der Waals surface area contributed by atoms with Gasteiger partial charge in [0.2, 0.25) is 0 Å². The molecule has 0 amide bonds. The number of hydrogen-bond acceptors (Lipinski definition) is 2. The van der Waals surface area contributed by atoms with Crippen LogP contribution in [0.5, 0.6) is 0 Å². The number of fused-ring (bicyclic) bond motifs is 1. The van der Waals surface area contributed by atoms with Gasteiger partial charge in [-0.25, -0.2) is 4.39 Å². The fourth-order valence-electron chi connectivity index (χ4n) is 2.08. The number of halogens is 1. The summed E-state index contributed by atoms with van der Waals surface area (Å²) in [6.07, 6.45) is -0.632. The van der Waals surface area contributed by atoms with Gasteiger partial charge >= 0.3 is 0 Å². The quantitative estimate of drug-likeness (QED) is 0.588. The first-order chi connectivity index (χ1) is 5.72. The van der Waals surface area contributed by atoms with Crippen molar-refractivity contribution in [3.63, 3.8) is 0 Å². The van der Waals surface area contributed by atoms with Crippen molar-refractivity contribution >= 4 is 0 Å². The predicted octanol–water partition coefficient (Wildman–Crippen LogP) is 1.06. The molecule has 0 unspecified atom stereocenters. The second-order valence-electron chi connectivity index (χ2n) is 4.01. The highest BCUT2D eigenvalue weighted by atomic mass is 19.1. The van der Waals surface area contributed by atoms with Crippen LogP contribution in [0, 0.1) is 5.92 Å². The zero-order chi connectivity index (χ0) is 8.72. The Balaban J connectivity index is 2.02. The molecule has 1 saturated heterocycles. The lowest BCUT2D eigenvalue weighted by molar-refractivity contribution is 0.102. The Kier molecular flexibility index (Phi) is 2.09. The maximum Gasteiger partial charge on any atom is 0.123 e. The second kappa shape index (κ2) is 2.96. The molecule has 1 aliphatic carbocycles. The summed E-state index contributed by atoms with van der Waals surface area (Å²) in [7, 11) is 0. The van der Waals surface area contributed by atoms with Gasteiger partial charge in [0.15, 0.2) is 0 Å². The number of hydrogen-bond donors (Lipinski definition) is 0. The third-order valence-electron chi connectivity index (χ3n) is 2.88. The van der Waals surface area contributed by atoms with Crippen molar-refractivity contribution < 1.29 is 9.13 Å². The minimum Gasteiger partial charge on any atom is -0.380 e. The van der Waals surface area contributed by atoms with Crippen molar-refractivity contribution in [2.24, 2.45) is 5.92 Å². The Morgan fingerprint density at radius 3 is 2.92 bits per heavy atom. The fourth-order valence-corrected chi connectivity index (χ4v) is 2.08. The average molecular weight is 173 g/mol. The minimum atomic E-state index is -0.632. The van der Waals surface area contributed by atoms with E-state index in [0.29, 0.717) is 12.6 Å². The molecule has 1 saturated carbocycles. The van der Waals surface area contributed by atoms with E-state index in [1.165, 1.54) is 0 Å². The van der Waals surface area contributed by atoms with Crippen LogP contribution in [-0.4, -0.2) is 42.9 Å². The molecule has 1 aliphatic heterocycles. The largest absolute Gasteiger partial charge is 0.380 e. The van der Waals surface area contributed by atoms with Gasteiger partial charge in [-0.3, -0.25) is 4.90 Å². The predicted molar refractivity (Wildman–Crippen MR) is 44.8 cm³/mol. The number of rotatable bonds is 1. The highest BCUT2D eigenvalue weighted by Crippen LogP contribution is 2.41. The summed E-state index contributed by atoms with van der Waals surface area (Å²) in [6, 6.07) is 0.604. The molecule has 2 fully saturated rings. The summed E-state index contributed by atoms with van der Waals surface area (Å²) in [5, 5.41) is 0. The average Bonchev–Trinajstić information content (AvgIpc) is 2.67. The number of alkyl halides is 1. The number of nitrogens with zero attached hydrogens (tertiary/aromatic N) is 1. The third-order valence-corrected chi connectivity index (χ3v) is 2.88. The van der Waals surface area contributed by atoms with Gasteiger partial charge in [-0.05, 0) is 13.8 Å². The Labute approximate surface area is 72.7 Å². The van der Waals surface area contributed by atoms with Crippen molar-refractivity contribution in [1.29, 1.82) is 0 Å². The molecule has 0 aromatic rings. The van der Waals surface area contributed by atoms with Crippen LogP contribution in [0.15, 0.2) is 0 Å². The van der Waals surface area contributed by atoms with Crippen molar-refractivity contribution in [1.82, 2.24) is 4.90 Å². The van der Waals surface area contributed by atoms with Gasteiger partial charge in [-0.1, -0.05) is 0 Å². The Morgan fingerprint density at radius 2 is 2.25 bits per heavy atom. The molecule has 12 heavy (non-hydrogen) atoms. The third kappa shape index (κ3) is 1.25. The molecule has 0 N–H and O–H groups in total. The van der Waals surface area contributed by atoms with E-state index in [9.17, 15) is 4.39 Å². The van der Waals surface area contributed by atoms with Crippen LogP contribution in [-0.2, 0) is 4.74 Å². The lowest BCUT2D eigenvalue weighted by Gasteiger charge is -2.24. The summed E-state index contributed by atoms with van der Waals surface area (Å²) in [5.74, 6) is 0.162. The van der Waals surface area contributed by atoms with E-state index in [-0.39, 0.29) is 12.0 Å². The van der Waals surface area contributed by atoms with Gasteiger partial charge in [0.25, 0.3) is 0 Å². The topological polar surface area (TPSA) is 12.5 Å². The van der Waals surface area contributed by atoms with Gasteiger partial charge in [-0.15, -0.1) is 0 Å². The van der Waals surface area contributed by atoms with Gasteiger partial charge in [0.1, 0.15) is 6.17 Å². The molecule has 0 aromatic heterocycles. The van der Waals surface area contributed by atoms with Crippen molar-refractivity contribution in [2.45, 2.75) is 32.1 Å². The van der Waals surface area contributed by atoms with Gasteiger partial charge < -0.3 is 4.74 Å². The summed E-state index contributed by atoms with van der Waals surface area (Å²) in [5.41, 5.74) is 0. The molecule has 2 nitrogen and oxygen atoms in total. The van der Waals surface area contributed by atoms with Crippen molar-refractivity contribution in [3.05, 3.63) is 0 Å². The van der Waals surface area contributed by atoms with E-state index in [1.807, 2.05) is 0 Å². The van der Waals surface area contributed by atoms with Crippen LogP contribution < -0.4 is 0 Å². The zero-order valence-corrected chi connectivity index (χ0v) is 7.66. The van der Waals surface area contributed by atoms with E-state index in [0.717, 1.165) is 13.2 Å². The van der Waals surface area contributed by atoms with Crippen LogP contribution in [0.2, 0.25) is 0 Å². The summed E-state index contributed by atoms with van der Waals surface area (Å²) >= 11 is 0. The summed E-state index contributed by atoms with van der Waals surface area (Å²) in [4.78, 5) is 2.22. The normalized spacial score (nSPS) is 42.5. The van der Waals surface area contributed by atoms with Crippen LogP contribution in [0.1, 0.15) is 13.8 Å². The molecule has 0 radical (unpaired) electrons. The maximum absolute atomic E-state index is 13.1. The maximum atomic E-state index is 13.1. The molecule has 70 valence electrons. The molecule has 3 atom stereocenters. The molecule has 0 bridgehead atoms. The lowest BCUT2D eigenvalue weighted by Crippen LogP contribution is -2.36. The van der Waals surface area contributed by atoms with E-state index < -0.39 is 6.17 Å². The van der Waals surface area contributed by atoms with Crippen LogP contribution in [0.4, 0.5) is 4.39 Å². The van der Waals surface area contributed by atoms with Crippen LogP contribution in [0.3, 0.4) is 0 Å². The first-order valence-electron chi connectivity index (χ1n) is 4.69. The fraction of sp³-hybridized carbons (Fsp3) is 1.00. The highest BCUT2D eigenvalue weighted by molar-refractivity contribution is 5.07. The van der Waals surface area contributed by atoms with Crippen LogP contribution in [0.25, 0.3) is 0 Å². The van der Waals surface area contributed by atoms with Gasteiger partial charge in [-0.2, -0.15) is 0 Å².